The topological polar surface area (TPSA) is 49.8 Å². The van der Waals surface area contributed by atoms with Gasteiger partial charge in [0.1, 0.15) is 5.75 Å². The predicted molar refractivity (Wildman–Crippen MR) is 105 cm³/mol. The molecule has 1 atom stereocenters. The Morgan fingerprint density at radius 3 is 2.41 bits per heavy atom. The van der Waals surface area contributed by atoms with Crippen LogP contribution < -0.4 is 9.64 Å². The molecule has 1 aliphatic heterocycles. The molecule has 4 rings (SSSR count). The van der Waals surface area contributed by atoms with E-state index >= 15 is 0 Å². The summed E-state index contributed by atoms with van der Waals surface area (Å²) in [4.78, 5) is 14.9. The van der Waals surface area contributed by atoms with Crippen molar-refractivity contribution in [2.24, 2.45) is 0 Å². The molecular weight excluding hydrogens is 362 g/mol. The molecule has 0 radical (unpaired) electrons. The zero-order chi connectivity index (χ0) is 19.0. The monoisotopic (exact) mass is 379 g/mol. The molecule has 0 fully saturated rings. The van der Waals surface area contributed by atoms with Crippen molar-refractivity contribution in [1.29, 1.82) is 0 Å². The van der Waals surface area contributed by atoms with Crippen LogP contribution in [0, 0.1) is 0 Å². The number of benzene rings is 3. The van der Waals surface area contributed by atoms with E-state index in [0.717, 1.165) is 11.3 Å². The SMILES string of the molecule is COc1ccc(CN2C(=O)[C@@](O)(c3ccccc3)c3ccc(Cl)cc32)cc1. The fourth-order valence-corrected chi connectivity index (χ4v) is 3.65. The first-order valence-electron chi connectivity index (χ1n) is 8.57. The van der Waals surface area contributed by atoms with E-state index < -0.39 is 5.60 Å². The summed E-state index contributed by atoms with van der Waals surface area (Å²) < 4.78 is 5.19. The quantitative estimate of drug-likeness (QED) is 0.741. The van der Waals surface area contributed by atoms with E-state index in [1.54, 1.807) is 42.3 Å². The van der Waals surface area contributed by atoms with Crippen molar-refractivity contribution in [3.63, 3.8) is 0 Å². The molecule has 1 heterocycles. The van der Waals surface area contributed by atoms with E-state index in [0.29, 0.717) is 28.4 Å². The van der Waals surface area contributed by atoms with Crippen LogP contribution in [-0.2, 0) is 16.9 Å². The van der Waals surface area contributed by atoms with Gasteiger partial charge in [0, 0.05) is 10.6 Å². The van der Waals surface area contributed by atoms with Gasteiger partial charge in [-0.25, -0.2) is 0 Å². The summed E-state index contributed by atoms with van der Waals surface area (Å²) in [5.74, 6) is 0.359. The molecule has 1 aliphatic rings. The number of halogens is 1. The molecule has 0 aromatic heterocycles. The molecule has 0 spiro atoms. The highest BCUT2D eigenvalue weighted by Crippen LogP contribution is 2.45. The third-order valence-electron chi connectivity index (χ3n) is 4.89. The minimum absolute atomic E-state index is 0.325. The molecule has 4 nitrogen and oxygen atoms in total. The van der Waals surface area contributed by atoms with Crippen molar-refractivity contribution in [2.45, 2.75) is 12.1 Å². The van der Waals surface area contributed by atoms with Gasteiger partial charge in [-0.15, -0.1) is 0 Å². The summed E-state index contributed by atoms with van der Waals surface area (Å²) in [6.07, 6.45) is 0. The van der Waals surface area contributed by atoms with E-state index in [2.05, 4.69) is 0 Å². The molecule has 27 heavy (non-hydrogen) atoms. The number of anilines is 1. The first-order chi connectivity index (χ1) is 13.0. The van der Waals surface area contributed by atoms with Crippen molar-refractivity contribution in [2.75, 3.05) is 12.0 Å². The van der Waals surface area contributed by atoms with Gasteiger partial charge in [0.2, 0.25) is 0 Å². The van der Waals surface area contributed by atoms with Crippen molar-refractivity contribution in [1.82, 2.24) is 0 Å². The average molecular weight is 380 g/mol. The van der Waals surface area contributed by atoms with Gasteiger partial charge in [0.15, 0.2) is 5.60 Å². The lowest BCUT2D eigenvalue weighted by Gasteiger charge is -2.23. The molecule has 0 saturated heterocycles. The third kappa shape index (κ3) is 2.87. The van der Waals surface area contributed by atoms with Crippen molar-refractivity contribution in [3.05, 3.63) is 94.5 Å². The van der Waals surface area contributed by atoms with Gasteiger partial charge in [-0.05, 0) is 35.4 Å². The number of carbonyl (C=O) groups excluding carboxylic acids is 1. The van der Waals surface area contributed by atoms with Crippen molar-refractivity contribution >= 4 is 23.2 Å². The second kappa shape index (κ2) is 6.72. The van der Waals surface area contributed by atoms with Crippen molar-refractivity contribution < 1.29 is 14.6 Å². The molecule has 3 aromatic rings. The number of nitrogens with zero attached hydrogens (tertiary/aromatic N) is 1. The van der Waals surface area contributed by atoms with Gasteiger partial charge in [-0.3, -0.25) is 4.79 Å². The Labute approximate surface area is 162 Å². The Bertz CT molecular complexity index is 988. The number of fused-ring (bicyclic) bond motifs is 1. The van der Waals surface area contributed by atoms with Crippen LogP contribution in [-0.4, -0.2) is 18.1 Å². The molecule has 3 aromatic carbocycles. The van der Waals surface area contributed by atoms with Crippen LogP contribution >= 0.6 is 11.6 Å². The van der Waals surface area contributed by atoms with Crippen LogP contribution in [0.15, 0.2) is 72.8 Å². The van der Waals surface area contributed by atoms with Crippen LogP contribution in [0.5, 0.6) is 5.75 Å². The molecule has 0 aliphatic carbocycles. The number of hydrogen-bond acceptors (Lipinski definition) is 3. The largest absolute Gasteiger partial charge is 0.497 e. The van der Waals surface area contributed by atoms with E-state index in [1.807, 2.05) is 42.5 Å². The molecule has 0 bridgehead atoms. The van der Waals surface area contributed by atoms with Crippen LogP contribution in [0.25, 0.3) is 0 Å². The number of rotatable bonds is 4. The highest BCUT2D eigenvalue weighted by atomic mass is 35.5. The van der Waals surface area contributed by atoms with Gasteiger partial charge in [-0.2, -0.15) is 0 Å². The molecule has 1 amide bonds. The Morgan fingerprint density at radius 1 is 1.04 bits per heavy atom. The van der Waals surface area contributed by atoms with E-state index in [1.165, 1.54) is 0 Å². The van der Waals surface area contributed by atoms with Crippen molar-refractivity contribution in [3.8, 4) is 5.75 Å². The lowest BCUT2D eigenvalue weighted by molar-refractivity contribution is -0.132. The Morgan fingerprint density at radius 2 is 1.74 bits per heavy atom. The molecular formula is C22H18ClNO3. The lowest BCUT2D eigenvalue weighted by Crippen LogP contribution is -2.40. The molecule has 136 valence electrons. The third-order valence-corrected chi connectivity index (χ3v) is 5.12. The highest BCUT2D eigenvalue weighted by Gasteiger charge is 2.51. The van der Waals surface area contributed by atoms with Gasteiger partial charge in [0.05, 0.1) is 19.3 Å². The number of carbonyl (C=O) groups is 1. The van der Waals surface area contributed by atoms with Crippen LogP contribution in [0.2, 0.25) is 5.02 Å². The predicted octanol–water partition coefficient (Wildman–Crippen LogP) is 4.13. The van der Waals surface area contributed by atoms with Crippen LogP contribution in [0.4, 0.5) is 5.69 Å². The Kier molecular flexibility index (Phi) is 4.38. The van der Waals surface area contributed by atoms with Gasteiger partial charge >= 0.3 is 0 Å². The fraction of sp³-hybridized carbons (Fsp3) is 0.136. The average Bonchev–Trinajstić information content (AvgIpc) is 2.91. The normalized spacial score (nSPS) is 18.5. The number of hydrogen-bond donors (Lipinski definition) is 1. The lowest BCUT2D eigenvalue weighted by atomic mass is 9.87. The Hall–Kier alpha value is -2.82. The van der Waals surface area contributed by atoms with Crippen LogP contribution in [0.1, 0.15) is 16.7 Å². The maximum atomic E-state index is 13.3. The summed E-state index contributed by atoms with van der Waals surface area (Å²) in [7, 11) is 1.61. The maximum absolute atomic E-state index is 13.3. The molecule has 0 saturated carbocycles. The van der Waals surface area contributed by atoms with Gasteiger partial charge in [0.25, 0.3) is 5.91 Å². The summed E-state index contributed by atoms with van der Waals surface area (Å²) in [5, 5.41) is 12.0. The minimum Gasteiger partial charge on any atom is -0.497 e. The molecule has 0 unspecified atom stereocenters. The fourth-order valence-electron chi connectivity index (χ4n) is 3.48. The maximum Gasteiger partial charge on any atom is 0.268 e. The van der Waals surface area contributed by atoms with E-state index in [9.17, 15) is 9.90 Å². The van der Waals surface area contributed by atoms with E-state index in [-0.39, 0.29) is 5.91 Å². The number of amides is 1. The summed E-state index contributed by atoms with van der Waals surface area (Å²) in [6.45, 7) is 0.325. The zero-order valence-electron chi connectivity index (χ0n) is 14.7. The van der Waals surface area contributed by atoms with Gasteiger partial charge < -0.3 is 14.7 Å². The smallest absolute Gasteiger partial charge is 0.268 e. The second-order valence-electron chi connectivity index (χ2n) is 6.48. The second-order valence-corrected chi connectivity index (χ2v) is 6.91. The zero-order valence-corrected chi connectivity index (χ0v) is 15.5. The highest BCUT2D eigenvalue weighted by molar-refractivity contribution is 6.31. The van der Waals surface area contributed by atoms with Gasteiger partial charge in [-0.1, -0.05) is 60.1 Å². The Balaban J connectivity index is 1.79. The number of aliphatic hydroxyl groups is 1. The number of methoxy groups -OCH3 is 1. The standard InChI is InChI=1S/C22H18ClNO3/c1-27-18-10-7-15(8-11-18)14-24-20-13-17(23)9-12-19(20)22(26,21(24)25)16-5-3-2-4-6-16/h2-13,26H,14H2,1H3/t22-/m1/s1. The molecule has 5 heteroatoms. The molecule has 1 N–H and O–H groups in total. The summed E-state index contributed by atoms with van der Waals surface area (Å²) in [5.41, 5.74) is 0.891. The minimum atomic E-state index is -1.73. The number of ether oxygens (including phenoxy) is 1. The first-order valence-corrected chi connectivity index (χ1v) is 8.94. The first kappa shape index (κ1) is 17.6. The summed E-state index contributed by atoms with van der Waals surface area (Å²) >= 11 is 6.18. The van der Waals surface area contributed by atoms with Crippen LogP contribution in [0.3, 0.4) is 0 Å². The van der Waals surface area contributed by atoms with E-state index in [4.69, 9.17) is 16.3 Å². The summed E-state index contributed by atoms with van der Waals surface area (Å²) in [6, 6.07) is 21.6.